The Bertz CT molecular complexity index is 3530. The highest BCUT2D eigenvalue weighted by atomic mass is 32.1. The molecule has 6 nitrogen and oxygen atoms in total. The van der Waals surface area contributed by atoms with Crippen molar-refractivity contribution < 1.29 is 8.83 Å². The molecule has 0 spiro atoms. The fraction of sp³-hybridized carbons (Fsp3) is 0. The fourth-order valence-corrected chi connectivity index (χ4v) is 8.98. The molecule has 0 aliphatic carbocycles. The molecule has 0 aliphatic heterocycles. The second kappa shape index (κ2) is 12.5. The van der Waals surface area contributed by atoms with Crippen molar-refractivity contribution in [3.8, 4) is 55.9 Å². The third-order valence-electron chi connectivity index (χ3n) is 10.8. The Balaban J connectivity index is 1.07. The molecule has 4 heterocycles. The highest BCUT2D eigenvalue weighted by molar-refractivity contribution is 7.21. The summed E-state index contributed by atoms with van der Waals surface area (Å²) in [6.45, 7) is 0. The maximum Gasteiger partial charge on any atom is 0.164 e. The predicted octanol–water partition coefficient (Wildman–Crippen LogP) is 13.8. The number of furan rings is 2. The van der Waals surface area contributed by atoms with Gasteiger partial charge in [0.25, 0.3) is 0 Å². The summed E-state index contributed by atoms with van der Waals surface area (Å²) in [5, 5.41) is 7.28. The van der Waals surface area contributed by atoms with Gasteiger partial charge in [-0.3, -0.25) is 0 Å². The molecule has 0 saturated heterocycles. The first kappa shape index (κ1) is 31.8. The molecular formula is C50H28N4O2S. The van der Waals surface area contributed by atoms with E-state index < -0.39 is 0 Å². The fourth-order valence-electron chi connectivity index (χ4n) is 8.00. The Hall–Kier alpha value is -7.48. The molecule has 12 rings (SSSR count). The molecule has 0 N–H and O–H groups in total. The minimum Gasteiger partial charge on any atom is -0.456 e. The number of hydrogen-bond donors (Lipinski definition) is 0. The summed E-state index contributed by atoms with van der Waals surface area (Å²) in [6, 6.07) is 58.1. The van der Waals surface area contributed by atoms with Gasteiger partial charge in [0.15, 0.2) is 17.5 Å². The van der Waals surface area contributed by atoms with Crippen molar-refractivity contribution >= 4 is 76.2 Å². The molecule has 0 aliphatic rings. The Morgan fingerprint density at radius 2 is 0.947 bits per heavy atom. The van der Waals surface area contributed by atoms with Crippen LogP contribution in [-0.2, 0) is 0 Å². The van der Waals surface area contributed by atoms with Crippen molar-refractivity contribution in [3.63, 3.8) is 0 Å². The highest BCUT2D eigenvalue weighted by Gasteiger charge is 2.20. The SMILES string of the molecule is c1ccc(-c2cccc(-c3nc(-c4ccc5c(c4)oc4ccccc45)nc(-c4ccc5ccc6oc7ccc8sc(-c9ccccc9)nc8c7c6c5c4)n3)c2)cc1. The average Bonchev–Trinajstić information content (AvgIpc) is 4.00. The Morgan fingerprint density at radius 3 is 1.77 bits per heavy atom. The van der Waals surface area contributed by atoms with Crippen LogP contribution in [0.25, 0.3) is 121 Å². The lowest BCUT2D eigenvalue weighted by Gasteiger charge is -2.10. The van der Waals surface area contributed by atoms with Crippen LogP contribution in [0.5, 0.6) is 0 Å². The van der Waals surface area contributed by atoms with E-state index in [-0.39, 0.29) is 0 Å². The summed E-state index contributed by atoms with van der Waals surface area (Å²) in [7, 11) is 0. The second-order valence-corrected chi connectivity index (χ2v) is 15.2. The van der Waals surface area contributed by atoms with Crippen LogP contribution in [0.15, 0.2) is 179 Å². The van der Waals surface area contributed by atoms with Crippen molar-refractivity contribution in [3.05, 3.63) is 170 Å². The normalized spacial score (nSPS) is 11.9. The lowest BCUT2D eigenvalue weighted by Crippen LogP contribution is -2.00. The van der Waals surface area contributed by atoms with E-state index in [0.29, 0.717) is 17.5 Å². The van der Waals surface area contributed by atoms with Crippen molar-refractivity contribution in [2.24, 2.45) is 0 Å². The van der Waals surface area contributed by atoms with E-state index in [0.717, 1.165) is 103 Å². The molecule has 0 atom stereocenters. The molecule has 0 bridgehead atoms. The van der Waals surface area contributed by atoms with E-state index >= 15 is 0 Å². The van der Waals surface area contributed by atoms with E-state index in [4.69, 9.17) is 28.8 Å². The van der Waals surface area contributed by atoms with Gasteiger partial charge in [-0.2, -0.15) is 0 Å². The summed E-state index contributed by atoms with van der Waals surface area (Å²) in [5.41, 5.74) is 10.1. The number of para-hydroxylation sites is 1. The maximum atomic E-state index is 6.50. The maximum absolute atomic E-state index is 6.50. The first-order chi connectivity index (χ1) is 28.2. The lowest BCUT2D eigenvalue weighted by atomic mass is 10.0. The molecule has 57 heavy (non-hydrogen) atoms. The number of benzene rings is 8. The van der Waals surface area contributed by atoms with Gasteiger partial charge < -0.3 is 8.83 Å². The molecular weight excluding hydrogens is 721 g/mol. The van der Waals surface area contributed by atoms with E-state index in [9.17, 15) is 0 Å². The minimum atomic E-state index is 0.562. The zero-order valence-electron chi connectivity index (χ0n) is 30.2. The van der Waals surface area contributed by atoms with Gasteiger partial charge in [-0.05, 0) is 70.4 Å². The average molecular weight is 749 g/mol. The van der Waals surface area contributed by atoms with Gasteiger partial charge in [0, 0.05) is 38.4 Å². The van der Waals surface area contributed by atoms with E-state index in [1.54, 1.807) is 11.3 Å². The first-order valence-corrected chi connectivity index (χ1v) is 19.6. The standard InChI is InChI=1S/C50H28N4O2S/c1-3-10-29(11-4-1)32-14-9-15-33(26-32)47-52-48(54-49(53-47)35-20-22-37-36-16-7-8-17-39(36)55-42(37)28-35)34-19-18-30-21-23-40-44(38(30)27-34)45-41(56-40)24-25-43-46(45)51-50(57-43)31-12-5-2-6-13-31/h1-28H. The van der Waals surface area contributed by atoms with Gasteiger partial charge in [-0.15, -0.1) is 11.3 Å². The summed E-state index contributed by atoms with van der Waals surface area (Å²) < 4.78 is 13.9. The Kier molecular flexibility index (Phi) is 7.00. The van der Waals surface area contributed by atoms with E-state index in [2.05, 4.69) is 133 Å². The van der Waals surface area contributed by atoms with Crippen LogP contribution in [0.4, 0.5) is 0 Å². The van der Waals surface area contributed by atoms with Crippen molar-refractivity contribution in [2.75, 3.05) is 0 Å². The van der Waals surface area contributed by atoms with Crippen molar-refractivity contribution in [2.45, 2.75) is 0 Å². The lowest BCUT2D eigenvalue weighted by molar-refractivity contribution is 0.669. The van der Waals surface area contributed by atoms with E-state index in [1.807, 2.05) is 36.4 Å². The third-order valence-corrected chi connectivity index (χ3v) is 11.8. The first-order valence-electron chi connectivity index (χ1n) is 18.8. The van der Waals surface area contributed by atoms with E-state index in [1.165, 1.54) is 0 Å². The Morgan fingerprint density at radius 1 is 0.351 bits per heavy atom. The largest absolute Gasteiger partial charge is 0.456 e. The van der Waals surface area contributed by atoms with Crippen LogP contribution < -0.4 is 0 Å². The monoisotopic (exact) mass is 748 g/mol. The molecule has 8 aromatic carbocycles. The van der Waals surface area contributed by atoms with Crippen LogP contribution in [0.3, 0.4) is 0 Å². The van der Waals surface area contributed by atoms with Gasteiger partial charge in [0.1, 0.15) is 27.3 Å². The molecule has 12 aromatic rings. The molecule has 0 amide bonds. The smallest absolute Gasteiger partial charge is 0.164 e. The number of rotatable bonds is 5. The van der Waals surface area contributed by atoms with Gasteiger partial charge in [0.2, 0.25) is 0 Å². The summed E-state index contributed by atoms with van der Waals surface area (Å²) in [5.74, 6) is 1.72. The molecule has 7 heteroatoms. The zero-order chi connectivity index (χ0) is 37.5. The number of fused-ring (bicyclic) bond motifs is 10. The predicted molar refractivity (Wildman–Crippen MR) is 232 cm³/mol. The molecule has 0 unspecified atom stereocenters. The van der Waals surface area contributed by atoms with Crippen LogP contribution in [0.2, 0.25) is 0 Å². The number of hydrogen-bond acceptors (Lipinski definition) is 7. The summed E-state index contributed by atoms with van der Waals surface area (Å²) in [4.78, 5) is 20.7. The highest BCUT2D eigenvalue weighted by Crippen LogP contribution is 2.42. The topological polar surface area (TPSA) is 77.8 Å². The number of nitrogens with zero attached hydrogens (tertiary/aromatic N) is 4. The van der Waals surface area contributed by atoms with Gasteiger partial charge in [-0.1, -0.05) is 121 Å². The molecule has 4 aromatic heterocycles. The molecule has 266 valence electrons. The minimum absolute atomic E-state index is 0.562. The third kappa shape index (κ3) is 5.24. The second-order valence-electron chi connectivity index (χ2n) is 14.2. The summed E-state index contributed by atoms with van der Waals surface area (Å²) >= 11 is 1.70. The van der Waals surface area contributed by atoms with Crippen LogP contribution in [-0.4, -0.2) is 19.9 Å². The molecule has 0 saturated carbocycles. The molecule has 0 radical (unpaired) electrons. The van der Waals surface area contributed by atoms with Crippen molar-refractivity contribution in [1.82, 2.24) is 19.9 Å². The number of aromatic nitrogens is 4. The zero-order valence-corrected chi connectivity index (χ0v) is 31.0. The number of thiazole rings is 1. The summed E-state index contributed by atoms with van der Waals surface area (Å²) in [6.07, 6.45) is 0. The van der Waals surface area contributed by atoms with Crippen molar-refractivity contribution in [1.29, 1.82) is 0 Å². The van der Waals surface area contributed by atoms with Gasteiger partial charge in [0.05, 0.1) is 15.6 Å². The Labute approximate surface area is 329 Å². The van der Waals surface area contributed by atoms with Crippen LogP contribution in [0.1, 0.15) is 0 Å². The van der Waals surface area contributed by atoms with Crippen LogP contribution >= 0.6 is 11.3 Å². The molecule has 0 fully saturated rings. The quantitative estimate of drug-likeness (QED) is 0.174. The van der Waals surface area contributed by atoms with Gasteiger partial charge in [-0.25, -0.2) is 19.9 Å². The van der Waals surface area contributed by atoms with Crippen LogP contribution in [0, 0.1) is 0 Å². The van der Waals surface area contributed by atoms with Gasteiger partial charge >= 0.3 is 0 Å².